The molecule has 0 aromatic rings. The lowest BCUT2D eigenvalue weighted by molar-refractivity contribution is -0.121. The molecule has 1 amide bonds. The van der Waals surface area contributed by atoms with E-state index in [9.17, 15) is 9.59 Å². The lowest BCUT2D eigenvalue weighted by atomic mass is 9.94. The van der Waals surface area contributed by atoms with Crippen molar-refractivity contribution in [1.29, 1.82) is 0 Å². The van der Waals surface area contributed by atoms with E-state index in [-0.39, 0.29) is 35.4 Å². The predicted molar refractivity (Wildman–Crippen MR) is 93.9 cm³/mol. The normalized spacial score (nSPS) is 22.1. The smallest absolute Gasteiger partial charge is 0.410 e. The monoisotopic (exact) mass is 341 g/mol. The second-order valence-electron chi connectivity index (χ2n) is 7.82. The van der Waals surface area contributed by atoms with Crippen LogP contribution in [0.1, 0.15) is 27.7 Å². The molecule has 2 atom stereocenters. The first-order chi connectivity index (χ1) is 10.5. The molecule has 1 rings (SSSR count). The van der Waals surface area contributed by atoms with Gasteiger partial charge in [0.2, 0.25) is 0 Å². The van der Waals surface area contributed by atoms with Crippen LogP contribution in [0, 0.1) is 11.8 Å². The molecule has 0 saturated carbocycles. The molecular weight excluding hydrogens is 310 g/mol. The van der Waals surface area contributed by atoms with E-state index in [1.54, 1.807) is 11.8 Å². The molecule has 0 bridgehead atoms. The number of Topliss-reactive ketones (excluding diaryl/α,β-unsaturated/α-hetero) is 1. The maximum absolute atomic E-state index is 12.0. The van der Waals surface area contributed by atoms with Gasteiger partial charge >= 0.3 is 6.09 Å². The van der Waals surface area contributed by atoms with Crippen molar-refractivity contribution >= 4 is 20.2 Å². The minimum atomic E-state index is -1.87. The number of amides is 1. The van der Waals surface area contributed by atoms with Crippen molar-refractivity contribution in [3.63, 3.8) is 0 Å². The molecule has 1 aliphatic heterocycles. The fraction of sp³-hybridized carbons (Fsp3) is 0.765. The number of nitrogens with zero attached hydrogens (tertiary/aromatic N) is 1. The Bertz CT molecular complexity index is 456. The molecular formula is C17H31NO4Si. The highest BCUT2D eigenvalue weighted by molar-refractivity contribution is 6.74. The molecule has 132 valence electrons. The second-order valence-corrected chi connectivity index (χ2v) is 12.6. The van der Waals surface area contributed by atoms with E-state index < -0.39 is 8.32 Å². The third kappa shape index (κ3) is 5.17. The molecule has 1 heterocycles. The number of carbonyl (C=O) groups excluding carboxylic acids is 2. The van der Waals surface area contributed by atoms with E-state index in [2.05, 4.69) is 40.4 Å². The van der Waals surface area contributed by atoms with E-state index in [1.807, 2.05) is 0 Å². The first-order valence-corrected chi connectivity index (χ1v) is 11.1. The highest BCUT2D eigenvalue weighted by Crippen LogP contribution is 2.37. The van der Waals surface area contributed by atoms with E-state index in [1.165, 1.54) is 6.08 Å². The molecule has 0 N–H and O–H groups in total. The van der Waals surface area contributed by atoms with E-state index in [4.69, 9.17) is 9.16 Å². The van der Waals surface area contributed by atoms with Gasteiger partial charge in [-0.15, -0.1) is 0 Å². The Kier molecular flexibility index (Phi) is 6.59. The van der Waals surface area contributed by atoms with Crippen molar-refractivity contribution in [3.8, 4) is 0 Å². The predicted octanol–water partition coefficient (Wildman–Crippen LogP) is 3.47. The van der Waals surface area contributed by atoms with Gasteiger partial charge < -0.3 is 14.1 Å². The highest BCUT2D eigenvalue weighted by Gasteiger charge is 2.42. The second kappa shape index (κ2) is 7.62. The molecule has 2 unspecified atom stereocenters. The molecule has 0 radical (unpaired) electrons. The van der Waals surface area contributed by atoms with Crippen molar-refractivity contribution in [2.75, 3.05) is 26.3 Å². The topological polar surface area (TPSA) is 55.8 Å². The van der Waals surface area contributed by atoms with Gasteiger partial charge in [-0.2, -0.15) is 0 Å². The van der Waals surface area contributed by atoms with E-state index >= 15 is 0 Å². The van der Waals surface area contributed by atoms with Crippen molar-refractivity contribution in [3.05, 3.63) is 12.7 Å². The molecule has 0 aromatic carbocycles. The highest BCUT2D eigenvalue weighted by atomic mass is 28.4. The third-order valence-corrected chi connectivity index (χ3v) is 9.51. The van der Waals surface area contributed by atoms with E-state index in [0.29, 0.717) is 19.7 Å². The summed E-state index contributed by atoms with van der Waals surface area (Å²) in [5, 5.41) is 0.125. The lowest BCUT2D eigenvalue weighted by Gasteiger charge is -2.37. The van der Waals surface area contributed by atoms with Crippen molar-refractivity contribution in [2.24, 2.45) is 11.8 Å². The van der Waals surface area contributed by atoms with Gasteiger partial charge in [-0.05, 0) is 25.1 Å². The minimum absolute atomic E-state index is 0.0397. The fourth-order valence-electron chi connectivity index (χ4n) is 2.40. The standard InChI is InChI=1S/C17H31NO4Si/c1-8-9-21-16(20)18-10-14(15(11-18)13(2)19)12-22-23(6,7)17(3,4)5/h8,14-15H,1,9-12H2,2-7H3. The summed E-state index contributed by atoms with van der Waals surface area (Å²) >= 11 is 0. The zero-order valence-electron chi connectivity index (χ0n) is 15.3. The van der Waals surface area contributed by atoms with Crippen molar-refractivity contribution < 1.29 is 18.8 Å². The first kappa shape index (κ1) is 19.9. The molecule has 6 heteroatoms. The van der Waals surface area contributed by atoms with Crippen LogP contribution in [0.5, 0.6) is 0 Å². The Morgan fingerprint density at radius 1 is 1.30 bits per heavy atom. The third-order valence-electron chi connectivity index (χ3n) is 5.01. The Morgan fingerprint density at radius 3 is 2.39 bits per heavy atom. The van der Waals surface area contributed by atoms with Crippen LogP contribution in [0.4, 0.5) is 4.79 Å². The Morgan fingerprint density at radius 2 is 1.91 bits per heavy atom. The minimum Gasteiger partial charge on any atom is -0.445 e. The summed E-state index contributed by atoms with van der Waals surface area (Å²) in [6, 6.07) is 0. The average molecular weight is 342 g/mol. The van der Waals surface area contributed by atoms with E-state index in [0.717, 1.165) is 0 Å². The van der Waals surface area contributed by atoms with Crippen molar-refractivity contribution in [1.82, 2.24) is 4.90 Å². The number of ketones is 1. The summed E-state index contributed by atoms with van der Waals surface area (Å²) in [5.41, 5.74) is 0. The van der Waals surface area contributed by atoms with Crippen LogP contribution >= 0.6 is 0 Å². The SMILES string of the molecule is C=CCOC(=O)N1CC(CO[Si](C)(C)C(C)(C)C)C(C(C)=O)C1. The zero-order valence-corrected chi connectivity index (χ0v) is 16.3. The summed E-state index contributed by atoms with van der Waals surface area (Å²) in [6.45, 7) is 17.7. The van der Waals surface area contributed by atoms with Gasteiger partial charge in [0.05, 0.1) is 0 Å². The maximum Gasteiger partial charge on any atom is 0.410 e. The molecule has 1 saturated heterocycles. The first-order valence-electron chi connectivity index (χ1n) is 8.16. The van der Waals surface area contributed by atoms with Crippen molar-refractivity contribution in [2.45, 2.75) is 45.8 Å². The summed E-state index contributed by atoms with van der Waals surface area (Å²) in [5.74, 6) is -0.0261. The molecule has 0 aromatic heterocycles. The number of carbonyl (C=O) groups is 2. The van der Waals surface area contributed by atoms with Crippen LogP contribution in [0.25, 0.3) is 0 Å². The molecule has 0 aliphatic carbocycles. The van der Waals surface area contributed by atoms with Gasteiger partial charge in [0.1, 0.15) is 12.4 Å². The Labute approximate surface area is 141 Å². The molecule has 23 heavy (non-hydrogen) atoms. The van der Waals surface area contributed by atoms with Gasteiger partial charge in [-0.3, -0.25) is 4.79 Å². The van der Waals surface area contributed by atoms with Crippen LogP contribution in [0.2, 0.25) is 18.1 Å². The van der Waals surface area contributed by atoms with Gasteiger partial charge in [0.25, 0.3) is 0 Å². The molecule has 1 aliphatic rings. The number of hydrogen-bond acceptors (Lipinski definition) is 4. The fourth-order valence-corrected chi connectivity index (χ4v) is 3.47. The number of hydrogen-bond donors (Lipinski definition) is 0. The largest absolute Gasteiger partial charge is 0.445 e. The zero-order chi connectivity index (χ0) is 17.8. The average Bonchev–Trinajstić information content (AvgIpc) is 2.86. The maximum atomic E-state index is 12.0. The van der Waals surface area contributed by atoms with Crippen LogP contribution in [-0.4, -0.2) is 51.4 Å². The summed E-state index contributed by atoms with van der Waals surface area (Å²) in [6.07, 6.45) is 1.15. The van der Waals surface area contributed by atoms with Crippen LogP contribution in [0.3, 0.4) is 0 Å². The number of rotatable bonds is 6. The summed E-state index contributed by atoms with van der Waals surface area (Å²) < 4.78 is 11.3. The van der Waals surface area contributed by atoms with Gasteiger partial charge in [-0.25, -0.2) is 4.79 Å². The quantitative estimate of drug-likeness (QED) is 0.548. The molecule has 1 fully saturated rings. The van der Waals surface area contributed by atoms with Crippen LogP contribution in [0.15, 0.2) is 12.7 Å². The van der Waals surface area contributed by atoms with Gasteiger partial charge in [0, 0.05) is 31.5 Å². The molecule has 5 nitrogen and oxygen atoms in total. The number of likely N-dealkylation sites (tertiary alicyclic amines) is 1. The van der Waals surface area contributed by atoms with Crippen LogP contribution in [-0.2, 0) is 14.0 Å². The lowest BCUT2D eigenvalue weighted by Crippen LogP contribution is -2.43. The Balaban J connectivity index is 2.71. The van der Waals surface area contributed by atoms with Crippen LogP contribution < -0.4 is 0 Å². The van der Waals surface area contributed by atoms with Gasteiger partial charge in [0.15, 0.2) is 8.32 Å². The number of ether oxygens (including phenoxy) is 1. The molecule has 0 spiro atoms. The Hall–Kier alpha value is -1.14. The van der Waals surface area contributed by atoms with Gasteiger partial charge in [-0.1, -0.05) is 33.4 Å². The summed E-state index contributed by atoms with van der Waals surface area (Å²) in [4.78, 5) is 25.5. The summed E-state index contributed by atoms with van der Waals surface area (Å²) in [7, 11) is -1.87.